The first-order chi connectivity index (χ1) is 7.78. The molecule has 0 fully saturated rings. The van der Waals surface area contributed by atoms with Gasteiger partial charge in [0.2, 0.25) is 0 Å². The molecule has 0 aromatic heterocycles. The molecule has 3 nitrogen and oxygen atoms in total. The molecule has 1 aromatic carbocycles. The molecule has 0 radical (unpaired) electrons. The fourth-order valence-corrected chi connectivity index (χ4v) is 2.47. The monoisotopic (exact) mass is 221 g/mol. The Morgan fingerprint density at radius 1 is 1.12 bits per heavy atom. The van der Waals surface area contributed by atoms with Crippen LogP contribution in [0.2, 0.25) is 0 Å². The molecule has 0 saturated heterocycles. The van der Waals surface area contributed by atoms with Crippen molar-refractivity contribution in [1.29, 1.82) is 0 Å². The molecule has 1 aliphatic rings. The van der Waals surface area contributed by atoms with Gasteiger partial charge in [-0.3, -0.25) is 0 Å². The van der Waals surface area contributed by atoms with E-state index in [-0.39, 0.29) is 0 Å². The predicted molar refractivity (Wildman–Crippen MR) is 64.4 cm³/mol. The number of methoxy groups -OCH3 is 2. The molecule has 0 unspecified atom stereocenters. The first kappa shape index (κ1) is 11.3. The van der Waals surface area contributed by atoms with Gasteiger partial charge >= 0.3 is 0 Å². The summed E-state index contributed by atoms with van der Waals surface area (Å²) in [7, 11) is 5.37. The van der Waals surface area contributed by atoms with Crippen molar-refractivity contribution in [3.05, 3.63) is 23.3 Å². The van der Waals surface area contributed by atoms with Crippen LogP contribution in [0.3, 0.4) is 0 Å². The second-order valence-electron chi connectivity index (χ2n) is 4.31. The van der Waals surface area contributed by atoms with Crippen molar-refractivity contribution in [1.82, 2.24) is 5.32 Å². The van der Waals surface area contributed by atoms with E-state index in [4.69, 9.17) is 9.47 Å². The Labute approximate surface area is 96.8 Å². The molecule has 1 aromatic rings. The van der Waals surface area contributed by atoms with Gasteiger partial charge in [0.1, 0.15) is 0 Å². The number of rotatable bonds is 4. The summed E-state index contributed by atoms with van der Waals surface area (Å²) in [5.74, 6) is 2.38. The van der Waals surface area contributed by atoms with Crippen LogP contribution in [0, 0.1) is 5.92 Å². The second kappa shape index (κ2) is 4.74. The van der Waals surface area contributed by atoms with Crippen molar-refractivity contribution in [2.45, 2.75) is 12.8 Å². The molecule has 0 amide bonds. The smallest absolute Gasteiger partial charge is 0.161 e. The van der Waals surface area contributed by atoms with Gasteiger partial charge < -0.3 is 14.8 Å². The van der Waals surface area contributed by atoms with E-state index < -0.39 is 0 Å². The summed E-state index contributed by atoms with van der Waals surface area (Å²) < 4.78 is 10.6. The zero-order valence-electron chi connectivity index (χ0n) is 10.2. The van der Waals surface area contributed by atoms with Crippen LogP contribution in [0.5, 0.6) is 11.5 Å². The molecule has 88 valence electrons. The van der Waals surface area contributed by atoms with Gasteiger partial charge in [-0.15, -0.1) is 0 Å². The molecule has 2 rings (SSSR count). The minimum atomic E-state index is 0.705. The molecule has 0 aliphatic heterocycles. The minimum absolute atomic E-state index is 0.705. The number of fused-ring (bicyclic) bond motifs is 1. The molecule has 16 heavy (non-hydrogen) atoms. The van der Waals surface area contributed by atoms with E-state index in [1.807, 2.05) is 7.05 Å². The molecule has 1 aliphatic carbocycles. The molecule has 3 heteroatoms. The van der Waals surface area contributed by atoms with E-state index in [0.29, 0.717) is 5.92 Å². The van der Waals surface area contributed by atoms with Gasteiger partial charge in [-0.25, -0.2) is 0 Å². The fraction of sp³-hybridized carbons (Fsp3) is 0.538. The second-order valence-corrected chi connectivity index (χ2v) is 4.31. The van der Waals surface area contributed by atoms with Gasteiger partial charge in [-0.1, -0.05) is 0 Å². The number of nitrogens with one attached hydrogen (secondary N) is 1. The SMILES string of the molecule is CNCC1Cc2cc(OC)c(OC)cc2C1. The van der Waals surface area contributed by atoms with Gasteiger partial charge in [-0.05, 0) is 55.6 Å². The highest BCUT2D eigenvalue weighted by Crippen LogP contribution is 2.36. The number of ether oxygens (including phenoxy) is 2. The van der Waals surface area contributed by atoms with Gasteiger partial charge in [0.05, 0.1) is 14.2 Å². The Morgan fingerprint density at radius 2 is 1.62 bits per heavy atom. The van der Waals surface area contributed by atoms with E-state index in [0.717, 1.165) is 30.9 Å². The maximum atomic E-state index is 5.32. The van der Waals surface area contributed by atoms with E-state index in [1.54, 1.807) is 14.2 Å². The van der Waals surface area contributed by atoms with Crippen LogP contribution >= 0.6 is 0 Å². The summed E-state index contributed by atoms with van der Waals surface area (Å²) in [6.45, 7) is 1.07. The van der Waals surface area contributed by atoms with Crippen molar-refractivity contribution in [2.24, 2.45) is 5.92 Å². The zero-order valence-corrected chi connectivity index (χ0v) is 10.2. The molecular weight excluding hydrogens is 202 g/mol. The van der Waals surface area contributed by atoms with Gasteiger partial charge in [0.25, 0.3) is 0 Å². The van der Waals surface area contributed by atoms with Crippen molar-refractivity contribution < 1.29 is 9.47 Å². The summed E-state index contributed by atoms with van der Waals surface area (Å²) in [6, 6.07) is 4.23. The molecular formula is C13H19NO2. The predicted octanol–water partition coefficient (Wildman–Crippen LogP) is 1.64. The number of hydrogen-bond donors (Lipinski definition) is 1. The first-order valence-electron chi connectivity index (χ1n) is 5.66. The summed E-state index contributed by atoms with van der Waals surface area (Å²) >= 11 is 0. The lowest BCUT2D eigenvalue weighted by atomic mass is 10.1. The number of hydrogen-bond acceptors (Lipinski definition) is 3. The van der Waals surface area contributed by atoms with Crippen LogP contribution in [0.4, 0.5) is 0 Å². The third kappa shape index (κ3) is 2.00. The Kier molecular flexibility index (Phi) is 3.34. The van der Waals surface area contributed by atoms with E-state index in [1.165, 1.54) is 11.1 Å². The normalized spacial score (nSPS) is 14.9. The van der Waals surface area contributed by atoms with E-state index >= 15 is 0 Å². The number of benzene rings is 1. The molecule has 0 atom stereocenters. The average molecular weight is 221 g/mol. The van der Waals surface area contributed by atoms with Gasteiger partial charge in [0, 0.05) is 0 Å². The van der Waals surface area contributed by atoms with Crippen LogP contribution in [-0.2, 0) is 12.8 Å². The molecule has 1 N–H and O–H groups in total. The summed E-state index contributed by atoms with van der Waals surface area (Å²) in [5.41, 5.74) is 2.80. The minimum Gasteiger partial charge on any atom is -0.493 e. The Bertz CT molecular complexity index is 343. The highest BCUT2D eigenvalue weighted by Gasteiger charge is 2.23. The van der Waals surface area contributed by atoms with Crippen molar-refractivity contribution in [3.8, 4) is 11.5 Å². The summed E-state index contributed by atoms with van der Waals surface area (Å²) in [5, 5.41) is 3.24. The van der Waals surface area contributed by atoms with E-state index in [9.17, 15) is 0 Å². The Hall–Kier alpha value is -1.22. The lowest BCUT2D eigenvalue weighted by Crippen LogP contribution is -2.18. The van der Waals surface area contributed by atoms with Crippen molar-refractivity contribution >= 4 is 0 Å². The Morgan fingerprint density at radius 3 is 2.00 bits per heavy atom. The van der Waals surface area contributed by atoms with Crippen LogP contribution in [-0.4, -0.2) is 27.8 Å². The third-order valence-corrected chi connectivity index (χ3v) is 3.22. The van der Waals surface area contributed by atoms with Crippen molar-refractivity contribution in [2.75, 3.05) is 27.8 Å². The largest absolute Gasteiger partial charge is 0.493 e. The average Bonchev–Trinajstić information content (AvgIpc) is 2.68. The third-order valence-electron chi connectivity index (χ3n) is 3.22. The van der Waals surface area contributed by atoms with Crippen LogP contribution in [0.1, 0.15) is 11.1 Å². The molecule has 0 spiro atoms. The maximum Gasteiger partial charge on any atom is 0.161 e. The molecule has 0 heterocycles. The fourth-order valence-electron chi connectivity index (χ4n) is 2.47. The highest BCUT2D eigenvalue weighted by atomic mass is 16.5. The maximum absolute atomic E-state index is 5.32. The van der Waals surface area contributed by atoms with Gasteiger partial charge in [0.15, 0.2) is 11.5 Å². The zero-order chi connectivity index (χ0) is 11.5. The first-order valence-corrected chi connectivity index (χ1v) is 5.66. The summed E-state index contributed by atoms with van der Waals surface area (Å²) in [4.78, 5) is 0. The standard InChI is InChI=1S/C13H19NO2/c1-14-8-9-4-10-6-12(15-2)13(16-3)7-11(10)5-9/h6-7,9,14H,4-5,8H2,1-3H3. The quantitative estimate of drug-likeness (QED) is 0.838. The van der Waals surface area contributed by atoms with Crippen LogP contribution < -0.4 is 14.8 Å². The molecule has 0 saturated carbocycles. The topological polar surface area (TPSA) is 30.5 Å². The lowest BCUT2D eigenvalue weighted by Gasteiger charge is -2.09. The van der Waals surface area contributed by atoms with Gasteiger partial charge in [-0.2, -0.15) is 0 Å². The van der Waals surface area contributed by atoms with E-state index in [2.05, 4.69) is 17.4 Å². The lowest BCUT2D eigenvalue weighted by molar-refractivity contribution is 0.354. The van der Waals surface area contributed by atoms with Crippen LogP contribution in [0.15, 0.2) is 12.1 Å². The molecule has 0 bridgehead atoms. The van der Waals surface area contributed by atoms with Crippen LogP contribution in [0.25, 0.3) is 0 Å². The highest BCUT2D eigenvalue weighted by molar-refractivity contribution is 5.49. The van der Waals surface area contributed by atoms with Crippen molar-refractivity contribution in [3.63, 3.8) is 0 Å². The summed E-state index contributed by atoms with van der Waals surface area (Å²) in [6.07, 6.45) is 2.27. The Balaban J connectivity index is 2.25.